The Balaban J connectivity index is 2.48. The van der Waals surface area contributed by atoms with Crippen LogP contribution in [0.1, 0.15) is 67.8 Å². The largest absolute Gasteiger partial charge is 0.493 e. The van der Waals surface area contributed by atoms with E-state index in [0.717, 1.165) is 7.11 Å². The van der Waals surface area contributed by atoms with Crippen molar-refractivity contribution in [3.05, 3.63) is 46.0 Å². The minimum atomic E-state index is -1.07. The maximum Gasteiger partial charge on any atom is 0.424 e. The number of amides is 2. The first-order chi connectivity index (χ1) is 19.4. The van der Waals surface area contributed by atoms with Crippen molar-refractivity contribution in [3.63, 3.8) is 0 Å². The molecule has 0 aromatic heterocycles. The number of halogens is 1. The molecule has 2 N–H and O–H groups in total. The molecule has 0 saturated carbocycles. The molecule has 0 saturated heterocycles. The zero-order valence-corrected chi connectivity index (χ0v) is 26.0. The molecule has 0 bridgehead atoms. The Morgan fingerprint density at radius 3 is 1.79 bits per heavy atom. The number of imide groups is 1. The second-order valence-corrected chi connectivity index (χ2v) is 11.3. The SMILES string of the molecule is COC(=O)c1cc(OC)c(OCCc2cc(C(=O)OC)c(N(C(=O)OC(C)(C)C)C(=O)OC(C)(C)C)cc2Cl)cc1N. The van der Waals surface area contributed by atoms with E-state index < -0.39 is 35.3 Å². The third-order valence-corrected chi connectivity index (χ3v) is 5.68. The molecule has 2 aromatic carbocycles. The first-order valence-electron chi connectivity index (χ1n) is 12.8. The quantitative estimate of drug-likeness (QED) is 0.220. The van der Waals surface area contributed by atoms with Crippen LogP contribution in [0, 0.1) is 0 Å². The fourth-order valence-electron chi connectivity index (χ4n) is 3.55. The van der Waals surface area contributed by atoms with Gasteiger partial charge in [0.2, 0.25) is 0 Å². The predicted molar refractivity (Wildman–Crippen MR) is 156 cm³/mol. The number of nitrogens with zero attached hydrogens (tertiary/aromatic N) is 1. The lowest BCUT2D eigenvalue weighted by Gasteiger charge is -2.29. The maximum atomic E-state index is 13.2. The van der Waals surface area contributed by atoms with Crippen molar-refractivity contribution in [2.45, 2.75) is 59.2 Å². The Labute approximate surface area is 249 Å². The number of rotatable bonds is 8. The molecule has 12 nitrogen and oxygen atoms in total. The average molecular weight is 609 g/mol. The van der Waals surface area contributed by atoms with Gasteiger partial charge in [0, 0.05) is 23.6 Å². The number of nitrogens with two attached hydrogens (primary N) is 1. The highest BCUT2D eigenvalue weighted by Gasteiger charge is 2.36. The van der Waals surface area contributed by atoms with Crippen molar-refractivity contribution in [1.29, 1.82) is 0 Å². The summed E-state index contributed by atoms with van der Waals surface area (Å²) in [6.07, 6.45) is -1.98. The molecule has 230 valence electrons. The standard InChI is InChI=1S/C29H37ClN2O10/c1-28(2,3)41-26(35)32(27(36)42-29(4,5)6)21-14-19(30)16(12-18(21)25(34)39-9)10-11-40-23-15-20(31)17(24(33)38-8)13-22(23)37-7/h12-15H,10-11,31H2,1-9H3. The summed E-state index contributed by atoms with van der Waals surface area (Å²) >= 11 is 6.57. The number of anilines is 2. The van der Waals surface area contributed by atoms with Gasteiger partial charge in [-0.15, -0.1) is 0 Å². The minimum Gasteiger partial charge on any atom is -0.493 e. The topological polar surface area (TPSA) is 153 Å². The van der Waals surface area contributed by atoms with Crippen LogP contribution in [-0.2, 0) is 25.4 Å². The van der Waals surface area contributed by atoms with Crippen molar-refractivity contribution in [2.24, 2.45) is 0 Å². The summed E-state index contributed by atoms with van der Waals surface area (Å²) in [6.45, 7) is 9.79. The summed E-state index contributed by atoms with van der Waals surface area (Å²) in [5, 5.41) is 0.117. The Hall–Kier alpha value is -4.19. The van der Waals surface area contributed by atoms with Crippen LogP contribution in [0.25, 0.3) is 0 Å². The first-order valence-corrected chi connectivity index (χ1v) is 13.2. The van der Waals surface area contributed by atoms with Crippen LogP contribution in [-0.4, -0.2) is 63.3 Å². The Bertz CT molecular complexity index is 1320. The second-order valence-electron chi connectivity index (χ2n) is 10.9. The molecule has 0 aliphatic carbocycles. The van der Waals surface area contributed by atoms with E-state index in [0.29, 0.717) is 10.5 Å². The van der Waals surface area contributed by atoms with Gasteiger partial charge in [-0.2, -0.15) is 4.90 Å². The summed E-state index contributed by atoms with van der Waals surface area (Å²) < 4.78 is 31.6. The number of nitrogen functional groups attached to an aromatic ring is 1. The molecule has 13 heteroatoms. The number of methoxy groups -OCH3 is 3. The van der Waals surface area contributed by atoms with Gasteiger partial charge < -0.3 is 34.2 Å². The van der Waals surface area contributed by atoms with Gasteiger partial charge in [0.15, 0.2) is 11.5 Å². The average Bonchev–Trinajstić information content (AvgIpc) is 2.87. The molecule has 0 fully saturated rings. The second kappa shape index (κ2) is 13.6. The fourth-order valence-corrected chi connectivity index (χ4v) is 3.80. The van der Waals surface area contributed by atoms with E-state index in [2.05, 4.69) is 0 Å². The van der Waals surface area contributed by atoms with E-state index in [1.54, 1.807) is 41.5 Å². The Morgan fingerprint density at radius 1 is 0.786 bits per heavy atom. The third kappa shape index (κ3) is 8.90. The van der Waals surface area contributed by atoms with E-state index in [9.17, 15) is 19.2 Å². The lowest BCUT2D eigenvalue weighted by molar-refractivity contribution is 0.0429. The number of ether oxygens (including phenoxy) is 6. The molecule has 2 amide bonds. The highest BCUT2D eigenvalue weighted by Crippen LogP contribution is 2.34. The maximum absolute atomic E-state index is 13.2. The van der Waals surface area contributed by atoms with Gasteiger partial charge in [-0.05, 0) is 59.2 Å². The van der Waals surface area contributed by atoms with Crippen LogP contribution in [0.15, 0.2) is 24.3 Å². The molecule has 0 unspecified atom stereocenters. The number of carbonyl (C=O) groups is 4. The van der Waals surface area contributed by atoms with Crippen molar-refractivity contribution < 1.29 is 47.6 Å². The fraction of sp³-hybridized carbons (Fsp3) is 0.448. The lowest BCUT2D eigenvalue weighted by atomic mass is 10.1. The van der Waals surface area contributed by atoms with E-state index in [1.165, 1.54) is 38.5 Å². The monoisotopic (exact) mass is 608 g/mol. The van der Waals surface area contributed by atoms with Gasteiger partial charge >= 0.3 is 24.1 Å². The molecular formula is C29H37ClN2O10. The number of carbonyl (C=O) groups excluding carboxylic acids is 4. The molecular weight excluding hydrogens is 572 g/mol. The summed E-state index contributed by atoms with van der Waals surface area (Å²) in [5.74, 6) is -0.976. The minimum absolute atomic E-state index is 0.0366. The van der Waals surface area contributed by atoms with Gasteiger partial charge in [0.05, 0.1) is 50.4 Å². The lowest BCUT2D eigenvalue weighted by Crippen LogP contribution is -2.44. The smallest absolute Gasteiger partial charge is 0.424 e. The highest BCUT2D eigenvalue weighted by atomic mass is 35.5. The normalized spacial score (nSPS) is 11.3. The summed E-state index contributed by atoms with van der Waals surface area (Å²) in [7, 11) is 3.79. The van der Waals surface area contributed by atoms with Crippen molar-refractivity contribution >= 4 is 47.1 Å². The van der Waals surface area contributed by atoms with E-state index in [1.807, 2.05) is 0 Å². The zero-order chi connectivity index (χ0) is 32.0. The summed E-state index contributed by atoms with van der Waals surface area (Å²) in [4.78, 5) is 51.8. The van der Waals surface area contributed by atoms with Crippen LogP contribution in [0.4, 0.5) is 21.0 Å². The molecule has 0 aliphatic heterocycles. The van der Waals surface area contributed by atoms with E-state index in [-0.39, 0.29) is 52.1 Å². The van der Waals surface area contributed by atoms with Crippen LogP contribution >= 0.6 is 11.6 Å². The van der Waals surface area contributed by atoms with Crippen LogP contribution in [0.5, 0.6) is 11.5 Å². The Kier molecular flexibility index (Phi) is 11.1. The summed E-state index contributed by atoms with van der Waals surface area (Å²) in [5.41, 5.74) is 4.39. The van der Waals surface area contributed by atoms with Gasteiger partial charge in [0.25, 0.3) is 0 Å². The number of esters is 2. The van der Waals surface area contributed by atoms with Gasteiger partial charge in [-0.1, -0.05) is 11.6 Å². The van der Waals surface area contributed by atoms with Crippen molar-refractivity contribution in [2.75, 3.05) is 38.6 Å². The number of hydrogen-bond donors (Lipinski definition) is 1. The molecule has 2 aromatic rings. The predicted octanol–water partition coefficient (Wildman–Crippen LogP) is 5.80. The highest BCUT2D eigenvalue weighted by molar-refractivity contribution is 6.32. The summed E-state index contributed by atoms with van der Waals surface area (Å²) in [6, 6.07) is 5.49. The molecule has 42 heavy (non-hydrogen) atoms. The molecule has 0 aliphatic rings. The molecule has 2 rings (SSSR count). The molecule has 0 heterocycles. The van der Waals surface area contributed by atoms with Gasteiger partial charge in [0.1, 0.15) is 11.2 Å². The van der Waals surface area contributed by atoms with E-state index >= 15 is 0 Å². The molecule has 0 atom stereocenters. The van der Waals surface area contributed by atoms with Crippen molar-refractivity contribution in [1.82, 2.24) is 0 Å². The van der Waals surface area contributed by atoms with Crippen LogP contribution < -0.4 is 20.1 Å². The number of hydrogen-bond acceptors (Lipinski definition) is 11. The van der Waals surface area contributed by atoms with Crippen LogP contribution in [0.2, 0.25) is 5.02 Å². The van der Waals surface area contributed by atoms with E-state index in [4.69, 9.17) is 45.8 Å². The number of benzene rings is 2. The van der Waals surface area contributed by atoms with Crippen LogP contribution in [0.3, 0.4) is 0 Å². The molecule has 0 spiro atoms. The molecule has 0 radical (unpaired) electrons. The third-order valence-electron chi connectivity index (χ3n) is 5.33. The zero-order valence-electron chi connectivity index (χ0n) is 25.2. The Morgan fingerprint density at radius 2 is 1.31 bits per heavy atom. The van der Waals surface area contributed by atoms with Crippen molar-refractivity contribution in [3.8, 4) is 11.5 Å². The van der Waals surface area contributed by atoms with Gasteiger partial charge in [-0.25, -0.2) is 19.2 Å². The first kappa shape index (κ1) is 34.0. The van der Waals surface area contributed by atoms with Gasteiger partial charge in [-0.3, -0.25) is 0 Å².